The first-order valence-electron chi connectivity index (χ1n) is 9.12. The Balaban J connectivity index is 1.92. The highest BCUT2D eigenvalue weighted by Gasteiger charge is 2.43. The predicted octanol–water partition coefficient (Wildman–Crippen LogP) is 5.69. The summed E-state index contributed by atoms with van der Waals surface area (Å²) >= 11 is 12.3. The van der Waals surface area contributed by atoms with E-state index in [9.17, 15) is 18.4 Å². The van der Waals surface area contributed by atoms with Crippen LogP contribution in [0.2, 0.25) is 10.0 Å². The fourth-order valence-electron chi connectivity index (χ4n) is 3.40. The predicted molar refractivity (Wildman–Crippen MR) is 117 cm³/mol. The number of anilines is 2. The molecule has 1 aliphatic rings. The molecule has 8 heteroatoms. The number of carbonyl (C=O) groups is 2. The van der Waals surface area contributed by atoms with E-state index in [-0.39, 0.29) is 22.0 Å². The molecule has 0 spiro atoms. The van der Waals surface area contributed by atoms with Gasteiger partial charge in [-0.05, 0) is 36.4 Å². The van der Waals surface area contributed by atoms with Crippen LogP contribution in [0.1, 0.15) is 5.56 Å². The van der Waals surface area contributed by atoms with E-state index in [1.807, 2.05) is 6.07 Å². The Morgan fingerprint density at radius 1 is 0.839 bits per heavy atom. The van der Waals surface area contributed by atoms with Gasteiger partial charge < -0.3 is 4.90 Å². The molecule has 1 heterocycles. The molecule has 0 saturated carbocycles. The van der Waals surface area contributed by atoms with Gasteiger partial charge in [-0.15, -0.1) is 0 Å². The summed E-state index contributed by atoms with van der Waals surface area (Å²) in [5.74, 6) is -3.66. The Bertz CT molecular complexity index is 1250. The molecule has 0 aromatic heterocycles. The number of halogens is 4. The van der Waals surface area contributed by atoms with Crippen LogP contribution >= 0.6 is 23.2 Å². The molecule has 0 unspecified atom stereocenters. The third kappa shape index (κ3) is 3.69. The second-order valence-corrected chi connectivity index (χ2v) is 7.63. The normalized spacial score (nSPS) is 13.9. The molecule has 31 heavy (non-hydrogen) atoms. The van der Waals surface area contributed by atoms with E-state index in [1.54, 1.807) is 48.3 Å². The van der Waals surface area contributed by atoms with Crippen molar-refractivity contribution in [1.82, 2.24) is 0 Å². The number of benzene rings is 3. The van der Waals surface area contributed by atoms with Crippen molar-refractivity contribution < 1.29 is 18.4 Å². The number of carbonyl (C=O) groups excluding carboxylic acids is 2. The monoisotopic (exact) mass is 458 g/mol. The summed E-state index contributed by atoms with van der Waals surface area (Å²) in [6.45, 7) is 0. The van der Waals surface area contributed by atoms with Crippen molar-refractivity contribution in [3.63, 3.8) is 0 Å². The molecular weight excluding hydrogens is 445 g/mol. The third-order valence-corrected chi connectivity index (χ3v) is 5.45. The summed E-state index contributed by atoms with van der Waals surface area (Å²) in [5.41, 5.74) is 0.932. The average Bonchev–Trinajstić information content (AvgIpc) is 3.00. The lowest BCUT2D eigenvalue weighted by Gasteiger charge is -2.21. The van der Waals surface area contributed by atoms with Gasteiger partial charge >= 0.3 is 0 Å². The van der Waals surface area contributed by atoms with Crippen molar-refractivity contribution in [3.05, 3.63) is 99.7 Å². The maximum Gasteiger partial charge on any atom is 0.282 e. The van der Waals surface area contributed by atoms with Gasteiger partial charge in [0.05, 0.1) is 16.3 Å². The van der Waals surface area contributed by atoms with Gasteiger partial charge in [0, 0.05) is 29.4 Å². The quantitative estimate of drug-likeness (QED) is 0.471. The van der Waals surface area contributed by atoms with Crippen LogP contribution in [0.3, 0.4) is 0 Å². The maximum atomic E-state index is 13.9. The van der Waals surface area contributed by atoms with Crippen molar-refractivity contribution >= 4 is 52.0 Å². The maximum absolute atomic E-state index is 13.9. The van der Waals surface area contributed by atoms with Crippen molar-refractivity contribution in [1.29, 1.82) is 0 Å². The lowest BCUT2D eigenvalue weighted by atomic mass is 10.0. The highest BCUT2D eigenvalue weighted by Crippen LogP contribution is 2.39. The summed E-state index contributed by atoms with van der Waals surface area (Å²) in [7, 11) is 1.63. The van der Waals surface area contributed by atoms with Crippen LogP contribution in [0.15, 0.2) is 72.4 Å². The number of amides is 2. The number of likely N-dealkylation sites (N-methyl/N-ethyl adjacent to an activating group) is 1. The zero-order valence-electron chi connectivity index (χ0n) is 16.1. The lowest BCUT2D eigenvalue weighted by molar-refractivity contribution is -0.120. The van der Waals surface area contributed by atoms with Crippen LogP contribution in [-0.4, -0.2) is 18.9 Å². The molecule has 0 aliphatic carbocycles. The van der Waals surface area contributed by atoms with Gasteiger partial charge in [0.15, 0.2) is 11.6 Å². The van der Waals surface area contributed by atoms with Crippen molar-refractivity contribution in [3.8, 4) is 0 Å². The molecule has 4 rings (SSSR count). The van der Waals surface area contributed by atoms with E-state index in [0.717, 1.165) is 17.0 Å². The second-order valence-electron chi connectivity index (χ2n) is 6.79. The van der Waals surface area contributed by atoms with Crippen LogP contribution in [0.4, 0.5) is 20.2 Å². The standard InChI is InChI=1S/C23H14Cl2F2N2O2/c1-28(14-5-3-2-4-6-14)21-20(16-9-7-13(24)11-17(16)25)22(30)29(23(21)31)15-8-10-18(26)19(27)12-15/h2-12H,1H3. The molecule has 1 aliphatic heterocycles. The number of nitrogens with zero attached hydrogens (tertiary/aromatic N) is 2. The summed E-state index contributed by atoms with van der Waals surface area (Å²) in [6, 6.07) is 16.3. The minimum Gasteiger partial charge on any atom is -0.339 e. The number of rotatable bonds is 4. The smallest absolute Gasteiger partial charge is 0.282 e. The van der Waals surface area contributed by atoms with Crippen molar-refractivity contribution in [2.75, 3.05) is 16.8 Å². The van der Waals surface area contributed by atoms with Crippen LogP contribution in [0.5, 0.6) is 0 Å². The van der Waals surface area contributed by atoms with Crippen LogP contribution in [0.25, 0.3) is 5.57 Å². The van der Waals surface area contributed by atoms with E-state index in [2.05, 4.69) is 0 Å². The fraction of sp³-hybridized carbons (Fsp3) is 0.0435. The Kier molecular flexibility index (Phi) is 5.52. The highest BCUT2D eigenvalue weighted by atomic mass is 35.5. The van der Waals surface area contributed by atoms with E-state index in [1.165, 1.54) is 12.1 Å². The summed E-state index contributed by atoms with van der Waals surface area (Å²) < 4.78 is 27.3. The topological polar surface area (TPSA) is 40.6 Å². The number of imide groups is 1. The van der Waals surface area contributed by atoms with Gasteiger partial charge in [0.2, 0.25) is 0 Å². The summed E-state index contributed by atoms with van der Waals surface area (Å²) in [6.07, 6.45) is 0. The summed E-state index contributed by atoms with van der Waals surface area (Å²) in [5, 5.41) is 0.538. The minimum atomic E-state index is -1.17. The number of hydrogen-bond acceptors (Lipinski definition) is 3. The molecule has 3 aromatic rings. The Labute approximate surface area is 186 Å². The van der Waals surface area contributed by atoms with Crippen LogP contribution in [-0.2, 0) is 9.59 Å². The molecule has 2 amide bonds. The third-order valence-electron chi connectivity index (χ3n) is 4.90. The van der Waals surface area contributed by atoms with Crippen LogP contribution < -0.4 is 9.80 Å². The van der Waals surface area contributed by atoms with E-state index >= 15 is 0 Å². The number of para-hydroxylation sites is 1. The van der Waals surface area contributed by atoms with Crippen molar-refractivity contribution in [2.45, 2.75) is 0 Å². The van der Waals surface area contributed by atoms with Gasteiger partial charge in [-0.25, -0.2) is 13.7 Å². The molecule has 0 fully saturated rings. The molecule has 0 saturated heterocycles. The molecule has 0 atom stereocenters. The molecule has 4 nitrogen and oxygen atoms in total. The van der Waals surface area contributed by atoms with E-state index in [0.29, 0.717) is 16.3 Å². The molecule has 3 aromatic carbocycles. The van der Waals surface area contributed by atoms with Gasteiger partial charge in [-0.3, -0.25) is 9.59 Å². The minimum absolute atomic E-state index is 0.0303. The average molecular weight is 459 g/mol. The first-order chi connectivity index (χ1) is 14.8. The first-order valence-corrected chi connectivity index (χ1v) is 9.87. The van der Waals surface area contributed by atoms with Crippen molar-refractivity contribution in [2.24, 2.45) is 0 Å². The molecular formula is C23H14Cl2F2N2O2. The first kappa shape index (κ1) is 21.0. The zero-order valence-corrected chi connectivity index (χ0v) is 17.6. The Morgan fingerprint density at radius 3 is 2.19 bits per heavy atom. The highest BCUT2D eigenvalue weighted by molar-refractivity contribution is 6.48. The van der Waals surface area contributed by atoms with Gasteiger partial charge in [0.25, 0.3) is 11.8 Å². The Hall–Kier alpha value is -3.22. The second kappa shape index (κ2) is 8.13. The van der Waals surface area contributed by atoms with Gasteiger partial charge in [-0.1, -0.05) is 47.5 Å². The largest absolute Gasteiger partial charge is 0.339 e. The fourth-order valence-corrected chi connectivity index (χ4v) is 3.91. The van der Waals surface area contributed by atoms with Gasteiger partial charge in [0.1, 0.15) is 5.70 Å². The molecule has 0 N–H and O–H groups in total. The zero-order chi connectivity index (χ0) is 22.3. The van der Waals surface area contributed by atoms with E-state index in [4.69, 9.17) is 23.2 Å². The molecule has 0 radical (unpaired) electrons. The number of hydrogen-bond donors (Lipinski definition) is 0. The van der Waals surface area contributed by atoms with Crippen LogP contribution in [0, 0.1) is 11.6 Å². The molecule has 0 bridgehead atoms. The summed E-state index contributed by atoms with van der Waals surface area (Å²) in [4.78, 5) is 29.2. The Morgan fingerprint density at radius 2 is 1.55 bits per heavy atom. The molecule has 156 valence electrons. The SMILES string of the molecule is CN(C1=C(c2ccc(Cl)cc2Cl)C(=O)N(c2ccc(F)c(F)c2)C1=O)c1ccccc1. The van der Waals surface area contributed by atoms with Gasteiger partial charge in [-0.2, -0.15) is 0 Å². The van der Waals surface area contributed by atoms with E-state index < -0.39 is 23.4 Å². The lowest BCUT2D eigenvalue weighted by Crippen LogP contribution is -2.34.